The first kappa shape index (κ1) is 16.8. The van der Waals surface area contributed by atoms with Crippen molar-refractivity contribution in [1.82, 2.24) is 14.6 Å². The molecule has 8 heteroatoms. The van der Waals surface area contributed by atoms with Crippen molar-refractivity contribution in [3.05, 3.63) is 45.6 Å². The molecule has 2 aromatic heterocycles. The Balaban J connectivity index is 1.84. The van der Waals surface area contributed by atoms with Crippen molar-refractivity contribution in [2.75, 3.05) is 26.3 Å². The van der Waals surface area contributed by atoms with E-state index in [0.29, 0.717) is 23.2 Å². The number of benzene rings is 1. The van der Waals surface area contributed by atoms with E-state index in [-0.39, 0.29) is 11.9 Å². The Labute approximate surface area is 154 Å². The van der Waals surface area contributed by atoms with Gasteiger partial charge >= 0.3 is 0 Å². The fourth-order valence-electron chi connectivity index (χ4n) is 3.31. The fraction of sp³-hybridized carbons (Fsp3) is 0.412. The van der Waals surface area contributed by atoms with E-state index in [1.165, 1.54) is 16.2 Å². The van der Waals surface area contributed by atoms with Crippen LogP contribution in [0, 0.1) is 0 Å². The summed E-state index contributed by atoms with van der Waals surface area (Å²) in [5.41, 5.74) is 1.01. The van der Waals surface area contributed by atoms with Crippen molar-refractivity contribution in [2.45, 2.75) is 19.4 Å². The minimum absolute atomic E-state index is 0.0591. The molecule has 132 valence electrons. The maximum atomic E-state index is 10.8. The second-order valence-corrected chi connectivity index (χ2v) is 7.51. The Morgan fingerprint density at radius 3 is 2.80 bits per heavy atom. The van der Waals surface area contributed by atoms with Crippen LogP contribution in [0.1, 0.15) is 29.2 Å². The lowest BCUT2D eigenvalue weighted by molar-refractivity contribution is -0.932. The van der Waals surface area contributed by atoms with Gasteiger partial charge in [0.15, 0.2) is 11.9 Å². The summed E-state index contributed by atoms with van der Waals surface area (Å²) in [6.07, 6.45) is 0.742. The van der Waals surface area contributed by atoms with Gasteiger partial charge in [-0.05, 0) is 6.07 Å². The van der Waals surface area contributed by atoms with Crippen LogP contribution in [0.25, 0.3) is 4.96 Å². The third kappa shape index (κ3) is 3.01. The molecule has 1 aromatic carbocycles. The Bertz CT molecular complexity index is 888. The number of rotatable bonds is 4. The highest BCUT2D eigenvalue weighted by Gasteiger charge is 2.35. The largest absolute Gasteiger partial charge is 0.492 e. The molecule has 6 nitrogen and oxygen atoms in total. The van der Waals surface area contributed by atoms with E-state index >= 15 is 0 Å². The summed E-state index contributed by atoms with van der Waals surface area (Å²) in [7, 11) is 0. The number of aromatic hydroxyl groups is 1. The number of aromatic nitrogens is 3. The summed E-state index contributed by atoms with van der Waals surface area (Å²) < 4.78 is 7.06. The molecule has 1 aliphatic heterocycles. The molecule has 1 atom stereocenters. The van der Waals surface area contributed by atoms with E-state index in [9.17, 15) is 5.11 Å². The molecule has 0 radical (unpaired) electrons. The molecule has 0 bridgehead atoms. The van der Waals surface area contributed by atoms with Crippen molar-refractivity contribution < 1.29 is 14.7 Å². The van der Waals surface area contributed by atoms with Crippen molar-refractivity contribution in [3.8, 4) is 5.88 Å². The Kier molecular flexibility index (Phi) is 4.64. The molecule has 3 heterocycles. The van der Waals surface area contributed by atoms with Gasteiger partial charge in [0.2, 0.25) is 10.8 Å². The summed E-state index contributed by atoms with van der Waals surface area (Å²) in [6, 6.07) is 7.77. The van der Waals surface area contributed by atoms with Crippen LogP contribution in [0.2, 0.25) is 5.02 Å². The molecule has 0 unspecified atom stereocenters. The highest BCUT2D eigenvalue weighted by molar-refractivity contribution is 7.17. The summed E-state index contributed by atoms with van der Waals surface area (Å²) in [5, 5.41) is 15.9. The quantitative estimate of drug-likeness (QED) is 0.724. The van der Waals surface area contributed by atoms with E-state index in [2.05, 4.69) is 10.1 Å². The third-order valence-corrected chi connectivity index (χ3v) is 6.01. The predicted octanol–water partition coefficient (Wildman–Crippen LogP) is 1.72. The number of hydrogen-bond acceptors (Lipinski definition) is 5. The van der Waals surface area contributed by atoms with E-state index in [1.54, 1.807) is 4.52 Å². The summed E-state index contributed by atoms with van der Waals surface area (Å²) in [4.78, 5) is 7.39. The first-order valence-electron chi connectivity index (χ1n) is 8.43. The van der Waals surface area contributed by atoms with Gasteiger partial charge in [-0.3, -0.25) is 0 Å². The molecule has 0 amide bonds. The van der Waals surface area contributed by atoms with Gasteiger partial charge in [0.1, 0.15) is 18.0 Å². The maximum Gasteiger partial charge on any atom is 0.235 e. The molecule has 0 aliphatic carbocycles. The lowest BCUT2D eigenvalue weighted by atomic mass is 10.0. The minimum atomic E-state index is -0.0591. The Hall–Kier alpha value is -1.67. The van der Waals surface area contributed by atoms with E-state index in [1.807, 2.05) is 31.2 Å². The van der Waals surface area contributed by atoms with Crippen LogP contribution in [0.5, 0.6) is 5.88 Å². The second kappa shape index (κ2) is 6.92. The average molecular weight is 380 g/mol. The van der Waals surface area contributed by atoms with Crippen LogP contribution in [0.15, 0.2) is 24.3 Å². The zero-order valence-electron chi connectivity index (χ0n) is 13.9. The average Bonchev–Trinajstić information content (AvgIpc) is 3.18. The van der Waals surface area contributed by atoms with Crippen molar-refractivity contribution in [3.63, 3.8) is 0 Å². The molecule has 25 heavy (non-hydrogen) atoms. The number of morpholine rings is 1. The number of fused-ring (bicyclic) bond motifs is 1. The molecule has 4 rings (SSSR count). The van der Waals surface area contributed by atoms with Gasteiger partial charge in [-0.15, -0.1) is 5.10 Å². The van der Waals surface area contributed by atoms with E-state index in [0.717, 1.165) is 35.8 Å². The fourth-order valence-corrected chi connectivity index (χ4v) is 4.70. The predicted molar refractivity (Wildman–Crippen MR) is 96.7 cm³/mol. The number of nitrogens with zero attached hydrogens (tertiary/aromatic N) is 3. The molecule has 1 saturated heterocycles. The van der Waals surface area contributed by atoms with Crippen LogP contribution in [0.4, 0.5) is 0 Å². The molecular formula is C17H20ClN4O2S+. The minimum Gasteiger partial charge on any atom is -0.492 e. The number of nitrogens with one attached hydrogen (secondary N) is 1. The van der Waals surface area contributed by atoms with Crippen LogP contribution in [-0.2, 0) is 11.2 Å². The van der Waals surface area contributed by atoms with Gasteiger partial charge in [0.25, 0.3) is 0 Å². The highest BCUT2D eigenvalue weighted by Crippen LogP contribution is 2.37. The normalized spacial score (nSPS) is 17.2. The standard InChI is InChI=1S/C17H19ClN4O2S/c1-2-13-19-17-22(20-13)16(23)15(25-17)14(21-7-9-24-10-8-21)11-5-3-4-6-12(11)18/h3-6,14,23H,2,7-10H2,1H3/p+1/t14-/m0/s1. The van der Waals surface area contributed by atoms with Gasteiger partial charge in [0.05, 0.1) is 18.2 Å². The van der Waals surface area contributed by atoms with E-state index in [4.69, 9.17) is 16.3 Å². The van der Waals surface area contributed by atoms with Crippen LogP contribution in [0.3, 0.4) is 0 Å². The summed E-state index contributed by atoms with van der Waals surface area (Å²) in [5.74, 6) is 0.900. The van der Waals surface area contributed by atoms with Gasteiger partial charge in [-0.25, -0.2) is 4.98 Å². The number of halogens is 1. The maximum absolute atomic E-state index is 10.8. The lowest BCUT2D eigenvalue weighted by Gasteiger charge is -2.31. The monoisotopic (exact) mass is 379 g/mol. The van der Waals surface area contributed by atoms with Gasteiger partial charge in [-0.1, -0.05) is 48.1 Å². The lowest BCUT2D eigenvalue weighted by Crippen LogP contribution is -3.14. The van der Waals surface area contributed by atoms with Gasteiger partial charge in [0, 0.05) is 12.0 Å². The zero-order valence-corrected chi connectivity index (χ0v) is 15.5. The van der Waals surface area contributed by atoms with Gasteiger partial charge in [-0.2, -0.15) is 4.52 Å². The van der Waals surface area contributed by atoms with E-state index < -0.39 is 0 Å². The Morgan fingerprint density at radius 1 is 1.36 bits per heavy atom. The number of aryl methyl sites for hydroxylation is 1. The summed E-state index contributed by atoms with van der Waals surface area (Å²) in [6.45, 7) is 5.14. The topological polar surface area (TPSA) is 64.1 Å². The SMILES string of the molecule is CCc1nc2sc([C@H](c3ccccc3Cl)[NH+]3CCOCC3)c(O)n2n1. The zero-order chi connectivity index (χ0) is 17.4. The van der Waals surface area contributed by atoms with Crippen LogP contribution in [-0.4, -0.2) is 46.0 Å². The Morgan fingerprint density at radius 2 is 2.12 bits per heavy atom. The van der Waals surface area contributed by atoms with Crippen LogP contribution >= 0.6 is 22.9 Å². The third-order valence-electron chi connectivity index (χ3n) is 4.58. The highest BCUT2D eigenvalue weighted by atomic mass is 35.5. The molecule has 1 aliphatic rings. The van der Waals surface area contributed by atoms with Crippen molar-refractivity contribution in [1.29, 1.82) is 0 Å². The molecule has 2 N–H and O–H groups in total. The molecule has 0 saturated carbocycles. The first-order chi connectivity index (χ1) is 12.2. The van der Waals surface area contributed by atoms with Crippen molar-refractivity contribution >= 4 is 27.9 Å². The number of ether oxygens (including phenoxy) is 1. The van der Waals surface area contributed by atoms with Crippen molar-refractivity contribution in [2.24, 2.45) is 0 Å². The smallest absolute Gasteiger partial charge is 0.235 e. The summed E-state index contributed by atoms with van der Waals surface area (Å²) >= 11 is 7.99. The number of thiazole rings is 1. The molecule has 0 spiro atoms. The first-order valence-corrected chi connectivity index (χ1v) is 9.62. The molecule has 1 fully saturated rings. The second-order valence-electron chi connectivity index (χ2n) is 6.09. The number of quaternary nitrogens is 1. The number of hydrogen-bond donors (Lipinski definition) is 2. The molecule has 3 aromatic rings. The van der Waals surface area contributed by atoms with Gasteiger partial charge < -0.3 is 14.7 Å². The van der Waals surface area contributed by atoms with Crippen LogP contribution < -0.4 is 4.90 Å². The molecular weight excluding hydrogens is 360 g/mol.